The van der Waals surface area contributed by atoms with E-state index < -0.39 is 0 Å². The first kappa shape index (κ1) is 17.9. The monoisotopic (exact) mass is 354 g/mol. The highest BCUT2D eigenvalue weighted by Crippen LogP contribution is 2.16. The third kappa shape index (κ3) is 4.61. The molecule has 3 rings (SSSR count). The van der Waals surface area contributed by atoms with E-state index in [0.717, 1.165) is 24.2 Å². The number of amides is 2. The normalized spacial score (nSPS) is 16.1. The van der Waals surface area contributed by atoms with Crippen LogP contribution in [-0.4, -0.2) is 31.6 Å². The Labute approximate surface area is 152 Å². The smallest absolute Gasteiger partial charge is 0.253 e. The molecule has 0 unspecified atom stereocenters. The zero-order chi connectivity index (χ0) is 18.4. The summed E-state index contributed by atoms with van der Waals surface area (Å²) in [6.07, 6.45) is 1.28. The van der Waals surface area contributed by atoms with Crippen molar-refractivity contribution in [2.45, 2.75) is 25.5 Å². The number of methoxy groups -OCH3 is 1. The van der Waals surface area contributed by atoms with Crippen LogP contribution in [0.1, 0.15) is 28.8 Å². The molecular weight excluding hydrogens is 332 g/mol. The molecular formula is C20H22N2O4. The van der Waals surface area contributed by atoms with Crippen LogP contribution in [0.5, 0.6) is 5.75 Å². The molecule has 0 spiro atoms. The van der Waals surface area contributed by atoms with E-state index in [1.165, 1.54) is 0 Å². The highest BCUT2D eigenvalue weighted by atomic mass is 16.5. The van der Waals surface area contributed by atoms with Crippen LogP contribution in [0.2, 0.25) is 0 Å². The molecule has 6 heteroatoms. The van der Waals surface area contributed by atoms with Crippen molar-refractivity contribution in [2.75, 3.05) is 19.0 Å². The summed E-state index contributed by atoms with van der Waals surface area (Å²) in [5.41, 5.74) is 2.14. The number of hydrogen-bond donors (Lipinski definition) is 2. The molecule has 0 aromatic heterocycles. The summed E-state index contributed by atoms with van der Waals surface area (Å²) in [6, 6.07) is 14.3. The molecule has 136 valence electrons. The zero-order valence-corrected chi connectivity index (χ0v) is 14.7. The fraction of sp³-hybridized carbons (Fsp3) is 0.300. The molecule has 0 bridgehead atoms. The molecule has 0 aliphatic carbocycles. The molecule has 2 aromatic rings. The SMILES string of the molecule is COc1cccc(CNC(=O)c2ccc(NC(=O)[C@@H]3CCCO3)cc2)c1. The topological polar surface area (TPSA) is 76.7 Å². The number of carbonyl (C=O) groups is 2. The van der Waals surface area contributed by atoms with Crippen LogP contribution in [0.25, 0.3) is 0 Å². The van der Waals surface area contributed by atoms with Crippen molar-refractivity contribution in [3.05, 3.63) is 59.7 Å². The molecule has 2 amide bonds. The van der Waals surface area contributed by atoms with Crippen molar-refractivity contribution < 1.29 is 19.1 Å². The van der Waals surface area contributed by atoms with Gasteiger partial charge >= 0.3 is 0 Å². The van der Waals surface area contributed by atoms with Gasteiger partial charge in [-0.15, -0.1) is 0 Å². The molecule has 1 aliphatic heterocycles. The van der Waals surface area contributed by atoms with Gasteiger partial charge in [0.15, 0.2) is 0 Å². The minimum atomic E-state index is -0.374. The van der Waals surface area contributed by atoms with Crippen molar-refractivity contribution in [1.82, 2.24) is 5.32 Å². The van der Waals surface area contributed by atoms with E-state index in [0.29, 0.717) is 24.4 Å². The maximum Gasteiger partial charge on any atom is 0.253 e. The second-order valence-electron chi connectivity index (χ2n) is 6.10. The van der Waals surface area contributed by atoms with Gasteiger partial charge in [-0.2, -0.15) is 0 Å². The molecule has 2 N–H and O–H groups in total. The average molecular weight is 354 g/mol. The molecule has 1 aliphatic rings. The van der Waals surface area contributed by atoms with E-state index >= 15 is 0 Å². The van der Waals surface area contributed by atoms with Crippen LogP contribution in [0.3, 0.4) is 0 Å². The fourth-order valence-corrected chi connectivity index (χ4v) is 2.78. The highest BCUT2D eigenvalue weighted by Gasteiger charge is 2.23. The summed E-state index contributed by atoms with van der Waals surface area (Å²) in [6.45, 7) is 1.04. The quantitative estimate of drug-likeness (QED) is 0.836. The number of rotatable bonds is 6. The molecule has 1 saturated heterocycles. The van der Waals surface area contributed by atoms with Gasteiger partial charge in [-0.05, 0) is 54.8 Å². The summed E-state index contributed by atoms with van der Waals surface area (Å²) >= 11 is 0. The molecule has 6 nitrogen and oxygen atoms in total. The van der Waals surface area contributed by atoms with Crippen LogP contribution >= 0.6 is 0 Å². The summed E-state index contributed by atoms with van der Waals surface area (Å²) in [5.74, 6) is 0.436. The first-order valence-electron chi connectivity index (χ1n) is 8.59. The van der Waals surface area contributed by atoms with Gasteiger partial charge in [-0.25, -0.2) is 0 Å². The molecule has 26 heavy (non-hydrogen) atoms. The number of hydrogen-bond acceptors (Lipinski definition) is 4. The van der Waals surface area contributed by atoms with Crippen molar-refractivity contribution in [3.63, 3.8) is 0 Å². The molecule has 0 saturated carbocycles. The van der Waals surface area contributed by atoms with Gasteiger partial charge in [0.25, 0.3) is 11.8 Å². The van der Waals surface area contributed by atoms with Crippen LogP contribution < -0.4 is 15.4 Å². The van der Waals surface area contributed by atoms with Crippen molar-refractivity contribution >= 4 is 17.5 Å². The molecule has 1 heterocycles. The van der Waals surface area contributed by atoms with E-state index in [2.05, 4.69) is 10.6 Å². The minimum Gasteiger partial charge on any atom is -0.497 e. The van der Waals surface area contributed by atoms with E-state index in [4.69, 9.17) is 9.47 Å². The van der Waals surface area contributed by atoms with Crippen molar-refractivity contribution in [2.24, 2.45) is 0 Å². The van der Waals surface area contributed by atoms with E-state index in [9.17, 15) is 9.59 Å². The lowest BCUT2D eigenvalue weighted by molar-refractivity contribution is -0.124. The predicted molar refractivity (Wildman–Crippen MR) is 98.2 cm³/mol. The first-order valence-corrected chi connectivity index (χ1v) is 8.59. The van der Waals surface area contributed by atoms with E-state index in [1.54, 1.807) is 31.4 Å². The number of nitrogens with one attached hydrogen (secondary N) is 2. The first-order chi connectivity index (χ1) is 12.7. The Hall–Kier alpha value is -2.86. The van der Waals surface area contributed by atoms with Gasteiger partial charge in [0, 0.05) is 24.4 Å². The summed E-state index contributed by atoms with van der Waals surface area (Å²) in [5, 5.41) is 5.68. The van der Waals surface area contributed by atoms with Gasteiger partial charge < -0.3 is 20.1 Å². The van der Waals surface area contributed by atoms with Gasteiger partial charge in [0.1, 0.15) is 11.9 Å². The van der Waals surface area contributed by atoms with Gasteiger partial charge in [-0.3, -0.25) is 9.59 Å². The van der Waals surface area contributed by atoms with Crippen LogP contribution in [-0.2, 0) is 16.1 Å². The molecule has 2 aromatic carbocycles. The third-order valence-electron chi connectivity index (χ3n) is 4.22. The molecule has 0 radical (unpaired) electrons. The standard InChI is InChI=1S/C20H22N2O4/c1-25-17-5-2-4-14(12-17)13-21-19(23)15-7-9-16(10-8-15)22-20(24)18-6-3-11-26-18/h2,4-5,7-10,12,18H,3,6,11,13H2,1H3,(H,21,23)(H,22,24)/t18-/m0/s1. The maximum atomic E-state index is 12.3. The molecule has 1 atom stereocenters. The Morgan fingerprint density at radius 1 is 1.19 bits per heavy atom. The lowest BCUT2D eigenvalue weighted by atomic mass is 10.1. The van der Waals surface area contributed by atoms with Gasteiger partial charge in [0.2, 0.25) is 0 Å². The van der Waals surface area contributed by atoms with Crippen LogP contribution in [0.15, 0.2) is 48.5 Å². The lowest BCUT2D eigenvalue weighted by Crippen LogP contribution is -2.27. The van der Waals surface area contributed by atoms with Gasteiger partial charge in [-0.1, -0.05) is 12.1 Å². The Morgan fingerprint density at radius 2 is 2.00 bits per heavy atom. The second kappa shape index (κ2) is 8.49. The fourth-order valence-electron chi connectivity index (χ4n) is 2.78. The zero-order valence-electron chi connectivity index (χ0n) is 14.7. The second-order valence-corrected chi connectivity index (χ2v) is 6.10. The van der Waals surface area contributed by atoms with Crippen LogP contribution in [0, 0.1) is 0 Å². The van der Waals surface area contributed by atoms with E-state index in [1.807, 2.05) is 24.3 Å². The number of anilines is 1. The minimum absolute atomic E-state index is 0.141. The Kier molecular flexibility index (Phi) is 5.86. The Bertz CT molecular complexity index is 768. The summed E-state index contributed by atoms with van der Waals surface area (Å²) in [7, 11) is 1.61. The number of carbonyl (C=O) groups excluding carboxylic acids is 2. The number of benzene rings is 2. The van der Waals surface area contributed by atoms with Crippen molar-refractivity contribution in [3.8, 4) is 5.75 Å². The summed E-state index contributed by atoms with van der Waals surface area (Å²) < 4.78 is 10.5. The van der Waals surface area contributed by atoms with Crippen LogP contribution in [0.4, 0.5) is 5.69 Å². The maximum absolute atomic E-state index is 12.3. The number of ether oxygens (including phenoxy) is 2. The lowest BCUT2D eigenvalue weighted by Gasteiger charge is -2.11. The van der Waals surface area contributed by atoms with Gasteiger partial charge in [0.05, 0.1) is 7.11 Å². The average Bonchev–Trinajstić information content (AvgIpc) is 3.22. The summed E-state index contributed by atoms with van der Waals surface area (Å²) in [4.78, 5) is 24.3. The Morgan fingerprint density at radius 3 is 2.69 bits per heavy atom. The van der Waals surface area contributed by atoms with Crippen molar-refractivity contribution in [1.29, 1.82) is 0 Å². The van der Waals surface area contributed by atoms with E-state index in [-0.39, 0.29) is 17.9 Å². The third-order valence-corrected chi connectivity index (χ3v) is 4.22. The Balaban J connectivity index is 1.53. The predicted octanol–water partition coefficient (Wildman–Crippen LogP) is 2.74. The molecule has 1 fully saturated rings. The largest absolute Gasteiger partial charge is 0.497 e. The highest BCUT2D eigenvalue weighted by molar-refractivity contribution is 5.96.